The number of H-pyrrole nitrogens is 1. The third kappa shape index (κ3) is 2.48. The van der Waals surface area contributed by atoms with Crippen LogP contribution < -0.4 is 10.9 Å². The summed E-state index contributed by atoms with van der Waals surface area (Å²) < 4.78 is 0. The molecule has 0 saturated heterocycles. The standard InChI is InChI=1S/C14H14N2O2/c1-9-8-12(11-6-4-3-5-7-11)16-14(18)13(9)15-10(2)17/h3-8H,1-2H3,(H,15,17)(H,16,18). The van der Waals surface area contributed by atoms with Gasteiger partial charge in [-0.25, -0.2) is 0 Å². The molecule has 0 bridgehead atoms. The minimum Gasteiger partial charge on any atom is -0.322 e. The minimum absolute atomic E-state index is 0.254. The first-order chi connectivity index (χ1) is 8.58. The first-order valence-electron chi connectivity index (χ1n) is 5.65. The summed E-state index contributed by atoms with van der Waals surface area (Å²) in [5, 5.41) is 2.54. The van der Waals surface area contributed by atoms with E-state index in [1.54, 1.807) is 6.92 Å². The molecule has 0 unspecified atom stereocenters. The van der Waals surface area contributed by atoms with E-state index in [4.69, 9.17) is 0 Å². The van der Waals surface area contributed by atoms with Gasteiger partial charge in [-0.3, -0.25) is 9.59 Å². The van der Waals surface area contributed by atoms with Crippen LogP contribution in [0, 0.1) is 6.92 Å². The lowest BCUT2D eigenvalue weighted by molar-refractivity contribution is -0.114. The number of carbonyl (C=O) groups is 1. The first-order valence-corrected chi connectivity index (χ1v) is 5.65. The molecule has 0 fully saturated rings. The number of aromatic amines is 1. The molecule has 1 amide bonds. The molecule has 0 atom stereocenters. The van der Waals surface area contributed by atoms with Crippen LogP contribution in [0.5, 0.6) is 0 Å². The van der Waals surface area contributed by atoms with Crippen molar-refractivity contribution >= 4 is 11.6 Å². The van der Waals surface area contributed by atoms with Crippen LogP contribution in [-0.4, -0.2) is 10.9 Å². The highest BCUT2D eigenvalue weighted by molar-refractivity contribution is 5.89. The predicted octanol–water partition coefficient (Wildman–Crippen LogP) is 2.31. The molecule has 1 heterocycles. The molecule has 0 radical (unpaired) electrons. The van der Waals surface area contributed by atoms with Crippen molar-refractivity contribution in [2.75, 3.05) is 5.32 Å². The Bertz CT molecular complexity index is 630. The van der Waals surface area contributed by atoms with Gasteiger partial charge in [0.1, 0.15) is 5.69 Å². The van der Waals surface area contributed by atoms with Gasteiger partial charge in [-0.1, -0.05) is 30.3 Å². The summed E-state index contributed by atoms with van der Waals surface area (Å²) in [7, 11) is 0. The fraction of sp³-hybridized carbons (Fsp3) is 0.143. The van der Waals surface area contributed by atoms with Crippen molar-refractivity contribution in [3.8, 4) is 11.3 Å². The topological polar surface area (TPSA) is 62.0 Å². The van der Waals surface area contributed by atoms with Crippen molar-refractivity contribution in [3.05, 3.63) is 52.3 Å². The van der Waals surface area contributed by atoms with Gasteiger partial charge in [-0.05, 0) is 24.1 Å². The number of aryl methyl sites for hydroxylation is 1. The third-order valence-electron chi connectivity index (χ3n) is 2.62. The van der Waals surface area contributed by atoms with Crippen LogP contribution in [0.15, 0.2) is 41.2 Å². The molecule has 2 N–H and O–H groups in total. The fourth-order valence-corrected chi connectivity index (χ4v) is 1.79. The Morgan fingerprint density at radius 3 is 2.44 bits per heavy atom. The van der Waals surface area contributed by atoms with E-state index < -0.39 is 0 Å². The SMILES string of the molecule is CC(=O)Nc1c(C)cc(-c2ccccc2)[nH]c1=O. The fourth-order valence-electron chi connectivity index (χ4n) is 1.79. The summed E-state index contributed by atoms with van der Waals surface area (Å²) in [5.74, 6) is -0.254. The Kier molecular flexibility index (Phi) is 3.28. The molecule has 0 spiro atoms. The van der Waals surface area contributed by atoms with Gasteiger partial charge in [0.25, 0.3) is 5.56 Å². The average Bonchev–Trinajstić information content (AvgIpc) is 2.34. The molecule has 4 nitrogen and oxygen atoms in total. The summed E-state index contributed by atoms with van der Waals surface area (Å²) in [4.78, 5) is 25.7. The smallest absolute Gasteiger partial charge is 0.272 e. The lowest BCUT2D eigenvalue weighted by Crippen LogP contribution is -2.19. The van der Waals surface area contributed by atoms with E-state index in [-0.39, 0.29) is 11.5 Å². The quantitative estimate of drug-likeness (QED) is 0.848. The summed E-state index contributed by atoms with van der Waals surface area (Å²) in [5.41, 5.74) is 2.44. The maximum absolute atomic E-state index is 11.9. The summed E-state index contributed by atoms with van der Waals surface area (Å²) in [6, 6.07) is 11.4. The highest BCUT2D eigenvalue weighted by Crippen LogP contribution is 2.19. The van der Waals surface area contributed by atoms with Crippen LogP contribution in [0.2, 0.25) is 0 Å². The van der Waals surface area contributed by atoms with Gasteiger partial charge in [0.05, 0.1) is 0 Å². The highest BCUT2D eigenvalue weighted by atomic mass is 16.2. The number of pyridine rings is 1. The van der Waals surface area contributed by atoms with Gasteiger partial charge in [0.15, 0.2) is 0 Å². The normalized spacial score (nSPS) is 10.1. The molecule has 18 heavy (non-hydrogen) atoms. The zero-order valence-corrected chi connectivity index (χ0v) is 10.3. The molecule has 2 aromatic rings. The van der Waals surface area contributed by atoms with Crippen molar-refractivity contribution in [2.45, 2.75) is 13.8 Å². The summed E-state index contributed by atoms with van der Waals surface area (Å²) >= 11 is 0. The molecule has 0 saturated carbocycles. The van der Waals surface area contributed by atoms with Crippen LogP contribution in [0.1, 0.15) is 12.5 Å². The van der Waals surface area contributed by atoms with E-state index in [0.717, 1.165) is 16.8 Å². The lowest BCUT2D eigenvalue weighted by Gasteiger charge is -2.08. The molecule has 1 aromatic heterocycles. The highest BCUT2D eigenvalue weighted by Gasteiger charge is 2.08. The Balaban J connectivity index is 2.49. The first kappa shape index (κ1) is 12.1. The van der Waals surface area contributed by atoms with Crippen molar-refractivity contribution < 1.29 is 4.79 Å². The van der Waals surface area contributed by atoms with E-state index >= 15 is 0 Å². The van der Waals surface area contributed by atoms with E-state index in [1.807, 2.05) is 36.4 Å². The molecular formula is C14H14N2O2. The maximum Gasteiger partial charge on any atom is 0.272 e. The minimum atomic E-state index is -0.288. The van der Waals surface area contributed by atoms with Gasteiger partial charge >= 0.3 is 0 Å². The Labute approximate surface area is 105 Å². The molecule has 0 aliphatic carbocycles. The average molecular weight is 242 g/mol. The van der Waals surface area contributed by atoms with Gasteiger partial charge in [0.2, 0.25) is 5.91 Å². The van der Waals surface area contributed by atoms with Crippen molar-refractivity contribution in [3.63, 3.8) is 0 Å². The number of anilines is 1. The number of benzene rings is 1. The van der Waals surface area contributed by atoms with E-state index in [9.17, 15) is 9.59 Å². The van der Waals surface area contributed by atoms with Crippen molar-refractivity contribution in [2.24, 2.45) is 0 Å². The number of carbonyl (C=O) groups excluding carboxylic acids is 1. The number of hydrogen-bond acceptors (Lipinski definition) is 2. The summed E-state index contributed by atoms with van der Waals surface area (Å²) in [6.07, 6.45) is 0. The number of hydrogen-bond donors (Lipinski definition) is 2. The molecule has 1 aromatic carbocycles. The molecule has 0 aliphatic rings. The molecule has 2 rings (SSSR count). The van der Waals surface area contributed by atoms with Crippen LogP contribution in [0.3, 0.4) is 0 Å². The second kappa shape index (κ2) is 4.87. The van der Waals surface area contributed by atoms with Crippen LogP contribution in [0.4, 0.5) is 5.69 Å². The lowest BCUT2D eigenvalue weighted by atomic mass is 10.1. The molecule has 4 heteroatoms. The maximum atomic E-state index is 11.9. The third-order valence-corrected chi connectivity index (χ3v) is 2.62. The predicted molar refractivity (Wildman–Crippen MR) is 71.5 cm³/mol. The Morgan fingerprint density at radius 2 is 1.89 bits per heavy atom. The van der Waals surface area contributed by atoms with Crippen molar-refractivity contribution in [1.29, 1.82) is 0 Å². The van der Waals surface area contributed by atoms with E-state index in [1.165, 1.54) is 6.92 Å². The van der Waals surface area contributed by atoms with E-state index in [0.29, 0.717) is 5.69 Å². The molecule has 0 aliphatic heterocycles. The monoisotopic (exact) mass is 242 g/mol. The van der Waals surface area contributed by atoms with Crippen molar-refractivity contribution in [1.82, 2.24) is 4.98 Å². The number of aromatic nitrogens is 1. The largest absolute Gasteiger partial charge is 0.322 e. The second-order valence-corrected chi connectivity index (χ2v) is 4.12. The number of nitrogens with one attached hydrogen (secondary N) is 2. The van der Waals surface area contributed by atoms with Gasteiger partial charge < -0.3 is 10.3 Å². The number of rotatable bonds is 2. The zero-order valence-electron chi connectivity index (χ0n) is 10.3. The molecule has 92 valence electrons. The van der Waals surface area contributed by atoms with Gasteiger partial charge in [-0.2, -0.15) is 0 Å². The van der Waals surface area contributed by atoms with Crippen LogP contribution in [-0.2, 0) is 4.79 Å². The molecular weight excluding hydrogens is 228 g/mol. The Morgan fingerprint density at radius 1 is 1.22 bits per heavy atom. The van der Waals surface area contributed by atoms with Gasteiger partial charge in [0, 0.05) is 12.6 Å². The zero-order chi connectivity index (χ0) is 13.1. The number of amides is 1. The van der Waals surface area contributed by atoms with Crippen LogP contribution >= 0.6 is 0 Å². The van der Waals surface area contributed by atoms with Gasteiger partial charge in [-0.15, -0.1) is 0 Å². The van der Waals surface area contributed by atoms with E-state index in [2.05, 4.69) is 10.3 Å². The Hall–Kier alpha value is -2.36. The summed E-state index contributed by atoms with van der Waals surface area (Å²) in [6.45, 7) is 3.18. The van der Waals surface area contributed by atoms with Crippen LogP contribution in [0.25, 0.3) is 11.3 Å². The second-order valence-electron chi connectivity index (χ2n) is 4.12.